The van der Waals surface area contributed by atoms with Crippen LogP contribution in [0.4, 0.5) is 11.8 Å². The molecule has 6 heteroatoms. The minimum Gasteiger partial charge on any atom is -0.497 e. The van der Waals surface area contributed by atoms with Crippen molar-refractivity contribution in [2.45, 2.75) is 6.54 Å². The molecular weight excluding hydrogens is 302 g/mol. The standard InChI is InChI=1S/C18H19N5O/c1-19-18-22-16(14-6-8-20-9-7-14)11-17(23-18)21-12-13-4-3-5-15(10-13)24-2/h3-11H,12H2,1-2H3,(H2,19,21,22,23). The van der Waals surface area contributed by atoms with Crippen molar-refractivity contribution >= 4 is 11.8 Å². The van der Waals surface area contributed by atoms with Gasteiger partial charge in [-0.25, -0.2) is 4.98 Å². The van der Waals surface area contributed by atoms with Crippen LogP contribution >= 0.6 is 0 Å². The highest BCUT2D eigenvalue weighted by Crippen LogP contribution is 2.21. The summed E-state index contributed by atoms with van der Waals surface area (Å²) < 4.78 is 5.25. The number of methoxy groups -OCH3 is 1. The third kappa shape index (κ3) is 3.78. The topological polar surface area (TPSA) is 72.0 Å². The van der Waals surface area contributed by atoms with E-state index in [9.17, 15) is 0 Å². The molecule has 0 atom stereocenters. The second-order valence-electron chi connectivity index (χ2n) is 5.15. The number of ether oxygens (including phenoxy) is 1. The molecule has 2 N–H and O–H groups in total. The van der Waals surface area contributed by atoms with Gasteiger partial charge >= 0.3 is 0 Å². The Hall–Kier alpha value is -3.15. The zero-order valence-electron chi connectivity index (χ0n) is 13.7. The molecule has 0 aliphatic heterocycles. The fourth-order valence-electron chi connectivity index (χ4n) is 2.30. The van der Waals surface area contributed by atoms with Gasteiger partial charge in [-0.3, -0.25) is 4.98 Å². The van der Waals surface area contributed by atoms with Crippen molar-refractivity contribution in [3.8, 4) is 17.0 Å². The Kier molecular flexibility index (Phi) is 4.86. The molecule has 0 aliphatic carbocycles. The fourth-order valence-corrected chi connectivity index (χ4v) is 2.30. The Morgan fingerprint density at radius 1 is 1.04 bits per heavy atom. The molecule has 2 heterocycles. The Balaban J connectivity index is 1.82. The van der Waals surface area contributed by atoms with E-state index in [0.29, 0.717) is 12.5 Å². The van der Waals surface area contributed by atoms with E-state index in [-0.39, 0.29) is 0 Å². The van der Waals surface area contributed by atoms with E-state index in [2.05, 4.69) is 25.6 Å². The van der Waals surface area contributed by atoms with Crippen LogP contribution in [0.2, 0.25) is 0 Å². The summed E-state index contributed by atoms with van der Waals surface area (Å²) in [4.78, 5) is 13.0. The predicted octanol–water partition coefficient (Wildman–Crippen LogP) is 3.20. The highest BCUT2D eigenvalue weighted by molar-refractivity contribution is 5.63. The first-order chi connectivity index (χ1) is 11.8. The number of pyridine rings is 1. The smallest absolute Gasteiger partial charge is 0.224 e. The summed E-state index contributed by atoms with van der Waals surface area (Å²) in [7, 11) is 3.47. The van der Waals surface area contributed by atoms with Gasteiger partial charge in [-0.2, -0.15) is 4.98 Å². The van der Waals surface area contributed by atoms with Gasteiger partial charge in [-0.15, -0.1) is 0 Å². The van der Waals surface area contributed by atoms with Crippen LogP contribution in [-0.2, 0) is 6.54 Å². The number of rotatable bonds is 6. The number of hydrogen-bond donors (Lipinski definition) is 2. The lowest BCUT2D eigenvalue weighted by molar-refractivity contribution is 0.414. The molecule has 0 saturated carbocycles. The summed E-state index contributed by atoms with van der Waals surface area (Å²) in [5, 5.41) is 6.33. The van der Waals surface area contributed by atoms with Gasteiger partial charge in [0.15, 0.2) is 0 Å². The molecule has 0 amide bonds. The minimum atomic E-state index is 0.567. The van der Waals surface area contributed by atoms with E-state index < -0.39 is 0 Å². The largest absolute Gasteiger partial charge is 0.497 e. The van der Waals surface area contributed by atoms with Gasteiger partial charge in [0.25, 0.3) is 0 Å². The highest BCUT2D eigenvalue weighted by Gasteiger charge is 2.06. The zero-order chi connectivity index (χ0) is 16.8. The average molecular weight is 321 g/mol. The minimum absolute atomic E-state index is 0.567. The molecule has 0 bridgehead atoms. The Morgan fingerprint density at radius 3 is 2.62 bits per heavy atom. The van der Waals surface area contributed by atoms with Gasteiger partial charge in [0.1, 0.15) is 11.6 Å². The first-order valence-corrected chi connectivity index (χ1v) is 7.62. The summed E-state index contributed by atoms with van der Waals surface area (Å²) in [5.41, 5.74) is 2.95. The summed E-state index contributed by atoms with van der Waals surface area (Å²) in [5.74, 6) is 2.16. The van der Waals surface area contributed by atoms with Crippen molar-refractivity contribution in [1.29, 1.82) is 0 Å². The Bertz CT molecular complexity index is 808. The van der Waals surface area contributed by atoms with E-state index in [4.69, 9.17) is 4.74 Å². The molecule has 0 spiro atoms. The van der Waals surface area contributed by atoms with Crippen LogP contribution in [0.25, 0.3) is 11.3 Å². The molecule has 0 unspecified atom stereocenters. The molecule has 6 nitrogen and oxygen atoms in total. The van der Waals surface area contributed by atoms with Gasteiger partial charge in [0, 0.05) is 37.6 Å². The summed E-state index contributed by atoms with van der Waals surface area (Å²) in [6, 6.07) is 13.7. The second-order valence-corrected chi connectivity index (χ2v) is 5.15. The van der Waals surface area contributed by atoms with Gasteiger partial charge in [0.2, 0.25) is 5.95 Å². The molecular formula is C18H19N5O. The number of aromatic nitrogens is 3. The van der Waals surface area contributed by atoms with Crippen LogP contribution in [0.3, 0.4) is 0 Å². The van der Waals surface area contributed by atoms with Gasteiger partial charge in [-0.1, -0.05) is 12.1 Å². The number of benzene rings is 1. The molecule has 1 aromatic carbocycles. The second kappa shape index (κ2) is 7.41. The molecule has 0 fully saturated rings. The fraction of sp³-hybridized carbons (Fsp3) is 0.167. The summed E-state index contributed by atoms with van der Waals surface area (Å²) in [6.07, 6.45) is 3.50. The van der Waals surface area contributed by atoms with E-state index in [0.717, 1.165) is 28.4 Å². The third-order valence-corrected chi connectivity index (χ3v) is 3.53. The van der Waals surface area contributed by atoms with Crippen LogP contribution in [0.1, 0.15) is 5.56 Å². The molecule has 0 aliphatic rings. The normalized spacial score (nSPS) is 10.2. The molecule has 3 aromatic rings. The van der Waals surface area contributed by atoms with Crippen LogP contribution in [0, 0.1) is 0 Å². The van der Waals surface area contributed by atoms with E-state index in [1.54, 1.807) is 26.6 Å². The first kappa shape index (κ1) is 15.7. The quantitative estimate of drug-likeness (QED) is 0.726. The van der Waals surface area contributed by atoms with Crippen LogP contribution in [0.5, 0.6) is 5.75 Å². The molecule has 0 radical (unpaired) electrons. The molecule has 2 aromatic heterocycles. The van der Waals surface area contributed by atoms with Crippen molar-refractivity contribution < 1.29 is 4.74 Å². The van der Waals surface area contributed by atoms with E-state index >= 15 is 0 Å². The van der Waals surface area contributed by atoms with E-state index in [1.165, 1.54) is 0 Å². The lowest BCUT2D eigenvalue weighted by atomic mass is 10.2. The maximum atomic E-state index is 5.25. The van der Waals surface area contributed by atoms with Crippen molar-refractivity contribution in [1.82, 2.24) is 15.0 Å². The first-order valence-electron chi connectivity index (χ1n) is 7.62. The highest BCUT2D eigenvalue weighted by atomic mass is 16.5. The predicted molar refractivity (Wildman–Crippen MR) is 95.1 cm³/mol. The average Bonchev–Trinajstić information content (AvgIpc) is 2.67. The maximum Gasteiger partial charge on any atom is 0.224 e. The lowest BCUT2D eigenvalue weighted by Crippen LogP contribution is -2.05. The Morgan fingerprint density at radius 2 is 1.88 bits per heavy atom. The maximum absolute atomic E-state index is 5.25. The van der Waals surface area contributed by atoms with Crippen LogP contribution in [-0.4, -0.2) is 29.1 Å². The van der Waals surface area contributed by atoms with Crippen molar-refractivity contribution in [3.63, 3.8) is 0 Å². The van der Waals surface area contributed by atoms with Gasteiger partial charge in [-0.05, 0) is 29.8 Å². The Labute approximate surface area is 141 Å². The van der Waals surface area contributed by atoms with Gasteiger partial charge < -0.3 is 15.4 Å². The van der Waals surface area contributed by atoms with Crippen molar-refractivity contribution in [3.05, 3.63) is 60.4 Å². The molecule has 24 heavy (non-hydrogen) atoms. The zero-order valence-corrected chi connectivity index (χ0v) is 13.7. The molecule has 3 rings (SSSR count). The molecule has 0 saturated heterocycles. The van der Waals surface area contributed by atoms with E-state index in [1.807, 2.05) is 42.5 Å². The van der Waals surface area contributed by atoms with Crippen LogP contribution in [0.15, 0.2) is 54.9 Å². The van der Waals surface area contributed by atoms with Gasteiger partial charge in [0.05, 0.1) is 12.8 Å². The number of hydrogen-bond acceptors (Lipinski definition) is 6. The SMILES string of the molecule is CNc1nc(NCc2cccc(OC)c2)cc(-c2ccncc2)n1. The third-order valence-electron chi connectivity index (χ3n) is 3.53. The summed E-state index contributed by atoms with van der Waals surface area (Å²) in [6.45, 7) is 0.646. The van der Waals surface area contributed by atoms with Crippen molar-refractivity contribution in [2.75, 3.05) is 24.8 Å². The molecule has 122 valence electrons. The number of nitrogens with one attached hydrogen (secondary N) is 2. The van der Waals surface area contributed by atoms with Crippen LogP contribution < -0.4 is 15.4 Å². The summed E-state index contributed by atoms with van der Waals surface area (Å²) >= 11 is 0. The number of anilines is 2. The monoisotopic (exact) mass is 321 g/mol. The number of nitrogens with zero attached hydrogens (tertiary/aromatic N) is 3. The lowest BCUT2D eigenvalue weighted by Gasteiger charge is -2.10. The van der Waals surface area contributed by atoms with Crippen molar-refractivity contribution in [2.24, 2.45) is 0 Å².